The Morgan fingerprint density at radius 1 is 1.30 bits per heavy atom. The minimum atomic E-state index is -1.54. The molecule has 1 aromatic carbocycles. The smallest absolute Gasteiger partial charge is 0.543 e. The minimum absolute atomic E-state index is 0. The van der Waals surface area contributed by atoms with Gasteiger partial charge in [-0.15, -0.1) is 22.0 Å². The van der Waals surface area contributed by atoms with Gasteiger partial charge in [0.2, 0.25) is 5.91 Å². The summed E-state index contributed by atoms with van der Waals surface area (Å²) in [7, 11) is -1.54. The number of aryl methyl sites for hydroxylation is 1. The normalized spacial score (nSPS) is 20.4. The van der Waals surface area contributed by atoms with Gasteiger partial charge in [0.1, 0.15) is 22.2 Å². The first-order valence-corrected chi connectivity index (χ1v) is 13.6. The first kappa shape index (κ1) is 26.4. The van der Waals surface area contributed by atoms with Gasteiger partial charge in [0.05, 0.1) is 22.5 Å². The van der Waals surface area contributed by atoms with E-state index in [1.807, 2.05) is 6.92 Å². The second kappa shape index (κ2) is 11.5. The number of aromatic nitrogens is 2. The van der Waals surface area contributed by atoms with Gasteiger partial charge >= 0.3 is 29.6 Å². The van der Waals surface area contributed by atoms with Crippen molar-refractivity contribution in [3.05, 3.63) is 46.6 Å². The number of carbonyl (C=O) groups excluding carboxylic acids is 3. The summed E-state index contributed by atoms with van der Waals surface area (Å²) in [5.74, 6) is -2.04. The van der Waals surface area contributed by atoms with E-state index >= 15 is 0 Å². The van der Waals surface area contributed by atoms with Crippen LogP contribution in [0.5, 0.6) is 0 Å². The fourth-order valence-corrected chi connectivity index (χ4v) is 7.51. The van der Waals surface area contributed by atoms with Crippen molar-refractivity contribution in [2.24, 2.45) is 0 Å². The van der Waals surface area contributed by atoms with Gasteiger partial charge in [-0.2, -0.15) is 0 Å². The summed E-state index contributed by atoms with van der Waals surface area (Å²) in [4.78, 5) is 38.5. The summed E-state index contributed by atoms with van der Waals surface area (Å²) in [6, 6.07) is 7.70. The number of β-lactam (4-membered cyclic amide) rings is 1. The van der Waals surface area contributed by atoms with Crippen molar-refractivity contribution in [2.75, 3.05) is 17.3 Å². The van der Waals surface area contributed by atoms with E-state index in [1.165, 1.54) is 39.8 Å². The van der Waals surface area contributed by atoms with Crippen LogP contribution in [-0.4, -0.2) is 65.8 Å². The Bertz CT molecular complexity index is 1130. The van der Waals surface area contributed by atoms with Crippen molar-refractivity contribution >= 4 is 63.4 Å². The monoisotopic (exact) mass is 532 g/mol. The van der Waals surface area contributed by atoms with Crippen LogP contribution in [0, 0.1) is 6.92 Å². The molecule has 3 heterocycles. The van der Waals surface area contributed by atoms with Crippen molar-refractivity contribution in [1.82, 2.24) is 20.4 Å². The maximum Gasteiger partial charge on any atom is 1.00 e. The SMILES string of the molecule is Cc1nnc(SCC2=C(C(=O)[O-])N3C(=O)C(NC(=O)CS(=O)c4ccccc4)[C@H]3SC2)s1.[Na+]. The van der Waals surface area contributed by atoms with Gasteiger partial charge in [-0.05, 0) is 24.6 Å². The molecule has 0 spiro atoms. The van der Waals surface area contributed by atoms with Crippen LogP contribution in [0.1, 0.15) is 5.01 Å². The topological polar surface area (TPSA) is 132 Å². The number of nitrogens with zero attached hydrogens (tertiary/aromatic N) is 3. The molecule has 0 bridgehead atoms. The molecule has 33 heavy (non-hydrogen) atoms. The minimum Gasteiger partial charge on any atom is -0.543 e. The molecule has 168 valence electrons. The van der Waals surface area contributed by atoms with Gasteiger partial charge in [-0.1, -0.05) is 41.3 Å². The van der Waals surface area contributed by atoms with Gasteiger partial charge in [-0.3, -0.25) is 18.7 Å². The molecule has 1 N–H and O–H groups in total. The van der Waals surface area contributed by atoms with Crippen LogP contribution in [0.3, 0.4) is 0 Å². The zero-order chi connectivity index (χ0) is 22.8. The van der Waals surface area contributed by atoms with Crippen LogP contribution in [-0.2, 0) is 25.2 Å². The number of benzene rings is 1. The standard InChI is InChI=1S/C19H18N4O5S4.Na/c1-10-21-22-19(31-10)30-8-11-7-29-17-14(16(25)23(17)15(11)18(26)27)20-13(24)9-32(28)12-5-3-2-4-6-12;/h2-6,14,17H,7-9H2,1H3,(H,20,24)(H,26,27);/q;+1/p-1/t14?,17-,32?;/m1./s1. The summed E-state index contributed by atoms with van der Waals surface area (Å²) in [5, 5.41) is 22.6. The van der Waals surface area contributed by atoms with Crippen LogP contribution in [0.4, 0.5) is 0 Å². The average Bonchev–Trinajstić information content (AvgIpc) is 3.20. The Morgan fingerprint density at radius 3 is 2.67 bits per heavy atom. The van der Waals surface area contributed by atoms with Crippen LogP contribution in [0.15, 0.2) is 50.8 Å². The van der Waals surface area contributed by atoms with Gasteiger partial charge in [0.15, 0.2) is 4.34 Å². The molecule has 3 atom stereocenters. The van der Waals surface area contributed by atoms with Gasteiger partial charge in [0, 0.05) is 16.4 Å². The zero-order valence-corrected chi connectivity index (χ0v) is 22.9. The fourth-order valence-electron chi connectivity index (χ4n) is 3.26. The van der Waals surface area contributed by atoms with Crippen molar-refractivity contribution in [2.45, 2.75) is 27.6 Å². The zero-order valence-electron chi connectivity index (χ0n) is 17.7. The van der Waals surface area contributed by atoms with E-state index in [-0.39, 0.29) is 41.0 Å². The Balaban J connectivity index is 0.00000306. The van der Waals surface area contributed by atoms with Crippen molar-refractivity contribution < 1.29 is 53.3 Å². The fraction of sp³-hybridized carbons (Fsp3) is 0.316. The predicted molar refractivity (Wildman–Crippen MR) is 120 cm³/mol. The summed E-state index contributed by atoms with van der Waals surface area (Å²) in [6.07, 6.45) is 0. The molecular formula is C19H17N4NaO5S4. The molecule has 0 aliphatic carbocycles. The number of thioether (sulfide) groups is 2. The summed E-state index contributed by atoms with van der Waals surface area (Å²) in [6.45, 7) is 1.83. The molecule has 2 amide bonds. The number of nitrogens with one attached hydrogen (secondary N) is 1. The van der Waals surface area contributed by atoms with Crippen molar-refractivity contribution in [3.63, 3.8) is 0 Å². The van der Waals surface area contributed by atoms with Crippen LogP contribution >= 0.6 is 34.9 Å². The number of hydrogen-bond donors (Lipinski definition) is 1. The number of fused-ring (bicyclic) bond motifs is 1. The molecule has 1 fully saturated rings. The first-order chi connectivity index (χ1) is 15.3. The molecule has 2 aliphatic rings. The van der Waals surface area contributed by atoms with Crippen LogP contribution in [0.2, 0.25) is 0 Å². The van der Waals surface area contributed by atoms with E-state index < -0.39 is 40.0 Å². The van der Waals surface area contributed by atoms with E-state index in [0.29, 0.717) is 26.3 Å². The van der Waals surface area contributed by atoms with E-state index in [1.54, 1.807) is 30.3 Å². The number of amides is 2. The summed E-state index contributed by atoms with van der Waals surface area (Å²) < 4.78 is 13.0. The molecule has 2 unspecified atom stereocenters. The van der Waals surface area contributed by atoms with Gasteiger partial charge in [0.25, 0.3) is 5.91 Å². The second-order valence-electron chi connectivity index (χ2n) is 6.87. The van der Waals surface area contributed by atoms with Crippen molar-refractivity contribution in [3.8, 4) is 0 Å². The number of carbonyl (C=O) groups is 3. The van der Waals surface area contributed by atoms with Crippen molar-refractivity contribution in [1.29, 1.82) is 0 Å². The molecular weight excluding hydrogens is 515 g/mol. The third-order valence-electron chi connectivity index (χ3n) is 4.70. The molecule has 2 aromatic rings. The van der Waals surface area contributed by atoms with Crippen LogP contribution in [0.25, 0.3) is 0 Å². The molecule has 1 saturated heterocycles. The molecule has 2 aliphatic heterocycles. The second-order valence-corrected chi connectivity index (χ2v) is 11.8. The third-order valence-corrected chi connectivity index (χ3v) is 9.42. The number of rotatable bonds is 8. The van der Waals surface area contributed by atoms with E-state index in [4.69, 9.17) is 0 Å². The number of aliphatic carboxylic acids is 1. The maximum atomic E-state index is 12.7. The summed E-state index contributed by atoms with van der Waals surface area (Å²) in [5.41, 5.74) is 0.415. The van der Waals surface area contributed by atoms with E-state index in [9.17, 15) is 23.7 Å². The Kier molecular flexibility index (Phi) is 9.17. The molecule has 4 rings (SSSR count). The maximum absolute atomic E-state index is 12.7. The number of carboxylic acid groups (broad SMARTS) is 1. The van der Waals surface area contributed by atoms with E-state index in [0.717, 1.165) is 5.01 Å². The average molecular weight is 533 g/mol. The van der Waals surface area contributed by atoms with Gasteiger partial charge in [-0.25, -0.2) is 0 Å². The quantitative estimate of drug-likeness (QED) is 0.217. The summed E-state index contributed by atoms with van der Waals surface area (Å²) >= 11 is 4.13. The molecule has 1 aromatic heterocycles. The third kappa shape index (κ3) is 5.89. The van der Waals surface area contributed by atoms with E-state index in [2.05, 4.69) is 15.5 Å². The Morgan fingerprint density at radius 2 is 2.03 bits per heavy atom. The molecule has 0 radical (unpaired) electrons. The molecule has 9 nitrogen and oxygen atoms in total. The number of carboxylic acids is 1. The predicted octanol–water partition coefficient (Wildman–Crippen LogP) is -2.85. The molecule has 0 saturated carbocycles. The number of hydrogen-bond acceptors (Lipinski definition) is 10. The Hall–Kier alpha value is -1.22. The Labute approximate surface area is 226 Å². The molecule has 14 heteroatoms. The first-order valence-electron chi connectivity index (χ1n) is 9.39. The van der Waals surface area contributed by atoms with Gasteiger partial charge < -0.3 is 15.2 Å². The van der Waals surface area contributed by atoms with Crippen LogP contribution < -0.4 is 40.0 Å². The largest absolute Gasteiger partial charge is 1.00 e.